The van der Waals surface area contributed by atoms with Crippen molar-refractivity contribution in [1.82, 2.24) is 14.9 Å². The fourth-order valence-corrected chi connectivity index (χ4v) is 2.92. The van der Waals surface area contributed by atoms with Gasteiger partial charge in [-0.25, -0.2) is 4.98 Å². The second-order valence-electron chi connectivity index (χ2n) is 6.26. The molecule has 1 heterocycles. The minimum absolute atomic E-state index is 0.623. The molecule has 2 aromatic carbocycles. The van der Waals surface area contributed by atoms with Crippen molar-refractivity contribution in [1.29, 1.82) is 0 Å². The molecule has 0 bridgehead atoms. The van der Waals surface area contributed by atoms with Crippen molar-refractivity contribution in [2.75, 3.05) is 13.2 Å². The molecule has 3 aromatic rings. The lowest BCUT2D eigenvalue weighted by Gasteiger charge is -2.14. The summed E-state index contributed by atoms with van der Waals surface area (Å²) in [7, 11) is 0. The van der Waals surface area contributed by atoms with Crippen LogP contribution in [0.1, 0.15) is 31.4 Å². The van der Waals surface area contributed by atoms with Gasteiger partial charge in [-0.15, -0.1) is 0 Å². The molecule has 5 nitrogen and oxygen atoms in total. The van der Waals surface area contributed by atoms with E-state index in [9.17, 15) is 0 Å². The first-order chi connectivity index (χ1) is 13.3. The third-order valence-corrected chi connectivity index (χ3v) is 4.19. The number of rotatable bonds is 10. The second kappa shape index (κ2) is 9.78. The van der Waals surface area contributed by atoms with Crippen LogP contribution in [0.25, 0.3) is 5.69 Å². The Kier molecular flexibility index (Phi) is 6.88. The molecule has 1 aromatic heterocycles. The van der Waals surface area contributed by atoms with Gasteiger partial charge in [0.05, 0.1) is 25.2 Å². The highest BCUT2D eigenvalue weighted by Gasteiger charge is 2.07. The maximum atomic E-state index is 5.77. The predicted molar refractivity (Wildman–Crippen MR) is 108 cm³/mol. The molecular formula is C22H27N3O2. The number of hydrogen-bond acceptors (Lipinski definition) is 4. The van der Waals surface area contributed by atoms with Crippen LogP contribution in [0.15, 0.2) is 61.2 Å². The quantitative estimate of drug-likeness (QED) is 0.580. The standard InChI is InChI=1S/C22H27N3O2/c1-3-13-27-21-10-9-18(14-22(21)26-4-2)15-24-16-19-7-5-6-8-20(19)25-12-11-23-17-25/h5-12,14,17,24H,3-4,13,15-16H2,1-2H3. The van der Waals surface area contributed by atoms with E-state index in [0.717, 1.165) is 36.7 Å². The first-order valence-corrected chi connectivity index (χ1v) is 9.47. The highest BCUT2D eigenvalue weighted by atomic mass is 16.5. The zero-order chi connectivity index (χ0) is 18.9. The van der Waals surface area contributed by atoms with Gasteiger partial charge in [-0.2, -0.15) is 0 Å². The molecule has 0 unspecified atom stereocenters. The molecule has 5 heteroatoms. The largest absolute Gasteiger partial charge is 0.490 e. The molecule has 0 aliphatic carbocycles. The van der Waals surface area contributed by atoms with Crippen molar-refractivity contribution in [3.8, 4) is 17.2 Å². The van der Waals surface area contributed by atoms with E-state index in [4.69, 9.17) is 9.47 Å². The summed E-state index contributed by atoms with van der Waals surface area (Å²) in [6.45, 7) is 6.93. The summed E-state index contributed by atoms with van der Waals surface area (Å²) in [4.78, 5) is 4.14. The molecule has 0 amide bonds. The van der Waals surface area contributed by atoms with Crippen LogP contribution in [0.2, 0.25) is 0 Å². The molecule has 27 heavy (non-hydrogen) atoms. The van der Waals surface area contributed by atoms with Crippen molar-refractivity contribution >= 4 is 0 Å². The minimum Gasteiger partial charge on any atom is -0.490 e. The normalized spacial score (nSPS) is 10.7. The number of benzene rings is 2. The van der Waals surface area contributed by atoms with E-state index in [1.807, 2.05) is 36.1 Å². The zero-order valence-corrected chi connectivity index (χ0v) is 16.0. The maximum absolute atomic E-state index is 5.77. The number of hydrogen-bond donors (Lipinski definition) is 1. The summed E-state index contributed by atoms with van der Waals surface area (Å²) >= 11 is 0. The number of para-hydroxylation sites is 1. The monoisotopic (exact) mass is 365 g/mol. The van der Waals surface area contributed by atoms with Crippen LogP contribution in [-0.4, -0.2) is 22.8 Å². The van der Waals surface area contributed by atoms with Gasteiger partial charge >= 0.3 is 0 Å². The molecule has 3 rings (SSSR count). The first-order valence-electron chi connectivity index (χ1n) is 9.47. The van der Waals surface area contributed by atoms with E-state index in [0.29, 0.717) is 13.2 Å². The highest BCUT2D eigenvalue weighted by Crippen LogP contribution is 2.28. The topological polar surface area (TPSA) is 48.3 Å². The van der Waals surface area contributed by atoms with Crippen molar-refractivity contribution in [2.24, 2.45) is 0 Å². The van der Waals surface area contributed by atoms with E-state index in [1.54, 1.807) is 6.20 Å². The zero-order valence-electron chi connectivity index (χ0n) is 16.0. The SMILES string of the molecule is CCCOc1ccc(CNCc2ccccc2-n2ccnc2)cc1OCC. The van der Waals surface area contributed by atoms with Gasteiger partial charge < -0.3 is 19.4 Å². The maximum Gasteiger partial charge on any atom is 0.161 e. The van der Waals surface area contributed by atoms with E-state index < -0.39 is 0 Å². The summed E-state index contributed by atoms with van der Waals surface area (Å²) in [6, 6.07) is 14.5. The van der Waals surface area contributed by atoms with Gasteiger partial charge in [-0.05, 0) is 42.7 Å². The number of ether oxygens (including phenoxy) is 2. The Hall–Kier alpha value is -2.79. The molecule has 1 N–H and O–H groups in total. The first kappa shape index (κ1) is 19.0. The number of imidazole rings is 1. The molecule has 0 fully saturated rings. The van der Waals surface area contributed by atoms with Gasteiger partial charge in [0, 0.05) is 25.5 Å². The lowest BCUT2D eigenvalue weighted by atomic mass is 10.1. The summed E-state index contributed by atoms with van der Waals surface area (Å²) < 4.78 is 13.5. The van der Waals surface area contributed by atoms with Crippen molar-refractivity contribution in [2.45, 2.75) is 33.4 Å². The molecule has 0 atom stereocenters. The van der Waals surface area contributed by atoms with Crippen LogP contribution in [0.4, 0.5) is 0 Å². The van der Waals surface area contributed by atoms with Gasteiger partial charge in [0.1, 0.15) is 0 Å². The number of nitrogens with one attached hydrogen (secondary N) is 1. The molecule has 0 saturated heterocycles. The van der Waals surface area contributed by atoms with E-state index in [2.05, 4.69) is 47.6 Å². The van der Waals surface area contributed by atoms with Crippen molar-refractivity contribution < 1.29 is 9.47 Å². The van der Waals surface area contributed by atoms with Crippen LogP contribution >= 0.6 is 0 Å². The van der Waals surface area contributed by atoms with Crippen LogP contribution in [0, 0.1) is 0 Å². The minimum atomic E-state index is 0.623. The molecule has 0 spiro atoms. The Labute approximate surface area is 161 Å². The fourth-order valence-electron chi connectivity index (χ4n) is 2.92. The lowest BCUT2D eigenvalue weighted by molar-refractivity contribution is 0.276. The van der Waals surface area contributed by atoms with Gasteiger partial charge in [0.25, 0.3) is 0 Å². The van der Waals surface area contributed by atoms with E-state index in [1.165, 1.54) is 11.1 Å². The van der Waals surface area contributed by atoms with Gasteiger partial charge in [-0.1, -0.05) is 31.2 Å². The van der Waals surface area contributed by atoms with Crippen LogP contribution < -0.4 is 14.8 Å². The molecule has 0 radical (unpaired) electrons. The molecule has 0 saturated carbocycles. The summed E-state index contributed by atoms with van der Waals surface area (Å²) in [5.74, 6) is 1.62. The fraction of sp³-hybridized carbons (Fsp3) is 0.318. The van der Waals surface area contributed by atoms with E-state index >= 15 is 0 Å². The average Bonchev–Trinajstić information content (AvgIpc) is 3.23. The summed E-state index contributed by atoms with van der Waals surface area (Å²) in [5, 5.41) is 3.52. The van der Waals surface area contributed by atoms with Crippen LogP contribution in [-0.2, 0) is 13.1 Å². The van der Waals surface area contributed by atoms with Gasteiger partial charge in [-0.3, -0.25) is 0 Å². The Morgan fingerprint density at radius 1 is 1.00 bits per heavy atom. The van der Waals surface area contributed by atoms with Gasteiger partial charge in [0.2, 0.25) is 0 Å². The Balaban J connectivity index is 1.65. The average molecular weight is 365 g/mol. The summed E-state index contributed by atoms with van der Waals surface area (Å²) in [6.07, 6.45) is 6.55. The Bertz CT molecular complexity index is 831. The Morgan fingerprint density at radius 2 is 1.89 bits per heavy atom. The molecule has 0 aliphatic heterocycles. The highest BCUT2D eigenvalue weighted by molar-refractivity contribution is 5.43. The van der Waals surface area contributed by atoms with Crippen LogP contribution in [0.3, 0.4) is 0 Å². The smallest absolute Gasteiger partial charge is 0.161 e. The second-order valence-corrected chi connectivity index (χ2v) is 6.26. The molecule has 142 valence electrons. The number of aromatic nitrogens is 2. The third kappa shape index (κ3) is 5.11. The third-order valence-electron chi connectivity index (χ3n) is 4.19. The summed E-state index contributed by atoms with van der Waals surface area (Å²) in [5.41, 5.74) is 3.53. The van der Waals surface area contributed by atoms with Crippen molar-refractivity contribution in [3.63, 3.8) is 0 Å². The predicted octanol–water partition coefficient (Wildman–Crippen LogP) is 4.35. The molecule has 0 aliphatic rings. The van der Waals surface area contributed by atoms with Gasteiger partial charge in [0.15, 0.2) is 11.5 Å². The van der Waals surface area contributed by atoms with Crippen molar-refractivity contribution in [3.05, 3.63) is 72.3 Å². The van der Waals surface area contributed by atoms with E-state index in [-0.39, 0.29) is 0 Å². The lowest BCUT2D eigenvalue weighted by Crippen LogP contribution is -2.14. The molecular weight excluding hydrogens is 338 g/mol. The number of nitrogens with zero attached hydrogens (tertiary/aromatic N) is 2. The Morgan fingerprint density at radius 3 is 2.67 bits per heavy atom. The van der Waals surface area contributed by atoms with Crippen LogP contribution in [0.5, 0.6) is 11.5 Å².